The molecule has 3 rings (SSSR count). The standard InChI is InChI=1S/C14H23NO.C14H15O3P/c1-13(2,3)10-7-9(15)8-11(12(10)16)14(4,5)6;15-18(16-11-13-7-3-1-4-8-13)17-12-14-9-5-2-6-10-14/h7-8,16H,15H2,1-6H3;1-10,18H,11-12H2. The van der Waals surface area contributed by atoms with Crippen LogP contribution >= 0.6 is 8.25 Å². The Kier molecular flexibility index (Phi) is 9.93. The highest BCUT2D eigenvalue weighted by Crippen LogP contribution is 2.40. The summed E-state index contributed by atoms with van der Waals surface area (Å²) < 4.78 is 21.9. The highest BCUT2D eigenvalue weighted by Gasteiger charge is 2.25. The molecule has 0 aromatic heterocycles. The largest absolute Gasteiger partial charge is 0.507 e. The van der Waals surface area contributed by atoms with Crippen LogP contribution in [0, 0.1) is 0 Å². The molecule has 0 amide bonds. The average Bonchev–Trinajstić information content (AvgIpc) is 2.78. The molecule has 5 nitrogen and oxygen atoms in total. The Morgan fingerprint density at radius 1 is 0.735 bits per heavy atom. The molecule has 0 bridgehead atoms. The van der Waals surface area contributed by atoms with E-state index in [1.807, 2.05) is 72.8 Å². The first-order valence-electron chi connectivity index (χ1n) is 11.4. The van der Waals surface area contributed by atoms with E-state index in [0.717, 1.165) is 22.3 Å². The molecular weight excluding hydrogens is 445 g/mol. The van der Waals surface area contributed by atoms with Crippen LogP contribution in [0.25, 0.3) is 0 Å². The summed E-state index contributed by atoms with van der Waals surface area (Å²) in [5.74, 6) is 0.384. The number of nitrogens with two attached hydrogens (primary N) is 1. The fraction of sp³-hybridized carbons (Fsp3) is 0.357. The molecule has 0 saturated heterocycles. The summed E-state index contributed by atoms with van der Waals surface area (Å²) in [5.41, 5.74) is 10.2. The van der Waals surface area contributed by atoms with Gasteiger partial charge in [-0.1, -0.05) is 102 Å². The molecule has 34 heavy (non-hydrogen) atoms. The molecule has 6 heteroatoms. The van der Waals surface area contributed by atoms with Crippen molar-refractivity contribution in [3.05, 3.63) is 95.1 Å². The number of anilines is 1. The maximum Gasteiger partial charge on any atom is 0.319 e. The van der Waals surface area contributed by atoms with Gasteiger partial charge in [-0.2, -0.15) is 0 Å². The second kappa shape index (κ2) is 12.2. The van der Waals surface area contributed by atoms with Crippen molar-refractivity contribution < 1.29 is 18.7 Å². The van der Waals surface area contributed by atoms with Crippen LogP contribution in [0.2, 0.25) is 0 Å². The van der Waals surface area contributed by atoms with Gasteiger partial charge in [-0.3, -0.25) is 4.57 Å². The molecule has 0 atom stereocenters. The third kappa shape index (κ3) is 8.98. The maximum absolute atomic E-state index is 11.5. The average molecular weight is 484 g/mol. The molecule has 0 heterocycles. The van der Waals surface area contributed by atoms with E-state index < -0.39 is 8.25 Å². The number of phenols is 1. The van der Waals surface area contributed by atoms with Gasteiger partial charge < -0.3 is 19.9 Å². The van der Waals surface area contributed by atoms with Gasteiger partial charge in [-0.05, 0) is 34.1 Å². The first-order chi connectivity index (χ1) is 15.9. The van der Waals surface area contributed by atoms with E-state index in [4.69, 9.17) is 14.8 Å². The topological polar surface area (TPSA) is 81.8 Å². The normalized spacial score (nSPS) is 11.7. The minimum Gasteiger partial charge on any atom is -0.507 e. The quantitative estimate of drug-likeness (QED) is 0.217. The summed E-state index contributed by atoms with van der Waals surface area (Å²) in [6, 6.07) is 23.0. The SMILES string of the molecule is CC(C)(C)c1cc(N)cc(C(C)(C)C)c1O.O=[PH](OCc1ccccc1)OCc1ccccc1. The van der Waals surface area contributed by atoms with Crippen molar-refractivity contribution >= 4 is 13.9 Å². The Bertz CT molecular complexity index is 975. The van der Waals surface area contributed by atoms with Gasteiger partial charge in [0.1, 0.15) is 5.75 Å². The van der Waals surface area contributed by atoms with Gasteiger partial charge in [0.25, 0.3) is 0 Å². The van der Waals surface area contributed by atoms with E-state index in [0.29, 0.717) is 24.7 Å². The van der Waals surface area contributed by atoms with Crippen molar-refractivity contribution in [1.82, 2.24) is 0 Å². The Labute approximate surface area is 204 Å². The molecule has 3 N–H and O–H groups in total. The molecule has 184 valence electrons. The summed E-state index contributed by atoms with van der Waals surface area (Å²) in [6.45, 7) is 13.1. The van der Waals surface area contributed by atoms with Crippen molar-refractivity contribution in [3.63, 3.8) is 0 Å². The smallest absolute Gasteiger partial charge is 0.319 e. The van der Waals surface area contributed by atoms with Crippen LogP contribution in [0.5, 0.6) is 5.75 Å². The first-order valence-corrected chi connectivity index (χ1v) is 12.6. The van der Waals surface area contributed by atoms with Crippen LogP contribution in [0.1, 0.15) is 63.8 Å². The lowest BCUT2D eigenvalue weighted by atomic mass is 9.79. The van der Waals surface area contributed by atoms with Crippen molar-refractivity contribution in [2.45, 2.75) is 65.6 Å². The van der Waals surface area contributed by atoms with Gasteiger partial charge in [-0.15, -0.1) is 0 Å². The van der Waals surface area contributed by atoms with Gasteiger partial charge in [0, 0.05) is 16.8 Å². The van der Waals surface area contributed by atoms with Crippen molar-refractivity contribution in [2.24, 2.45) is 0 Å². The second-order valence-electron chi connectivity index (χ2n) is 10.3. The van der Waals surface area contributed by atoms with Crippen molar-refractivity contribution in [1.29, 1.82) is 0 Å². The summed E-state index contributed by atoms with van der Waals surface area (Å²) >= 11 is 0. The molecule has 0 radical (unpaired) electrons. The number of hydrogen-bond donors (Lipinski definition) is 2. The van der Waals surface area contributed by atoms with Crippen LogP contribution in [-0.2, 0) is 37.7 Å². The Balaban J connectivity index is 0.000000242. The van der Waals surface area contributed by atoms with Gasteiger partial charge in [0.2, 0.25) is 0 Å². The van der Waals surface area contributed by atoms with E-state index in [1.54, 1.807) is 0 Å². The van der Waals surface area contributed by atoms with Crippen LogP contribution in [0.3, 0.4) is 0 Å². The molecule has 3 aromatic rings. The van der Waals surface area contributed by atoms with Gasteiger partial charge in [0.05, 0.1) is 13.2 Å². The molecule has 0 aliphatic heterocycles. The van der Waals surface area contributed by atoms with Crippen LogP contribution in [0.15, 0.2) is 72.8 Å². The maximum atomic E-state index is 11.5. The number of benzene rings is 3. The summed E-state index contributed by atoms with van der Waals surface area (Å²) in [5, 5.41) is 10.3. The number of rotatable bonds is 6. The molecule has 0 aliphatic carbocycles. The van der Waals surface area contributed by atoms with Crippen molar-refractivity contribution in [3.8, 4) is 5.75 Å². The lowest BCUT2D eigenvalue weighted by Gasteiger charge is -2.27. The third-order valence-electron chi connectivity index (χ3n) is 5.15. The van der Waals surface area contributed by atoms with Crippen LogP contribution < -0.4 is 5.73 Å². The van der Waals surface area contributed by atoms with Gasteiger partial charge in [0.15, 0.2) is 0 Å². The number of nitrogen functional groups attached to an aromatic ring is 1. The molecule has 0 spiro atoms. The molecule has 0 saturated carbocycles. The summed E-state index contributed by atoms with van der Waals surface area (Å²) in [7, 11) is -2.43. The Morgan fingerprint density at radius 2 is 1.09 bits per heavy atom. The zero-order chi connectivity index (χ0) is 25.4. The van der Waals surface area contributed by atoms with Gasteiger partial charge >= 0.3 is 8.25 Å². The Hall–Kier alpha value is -2.59. The fourth-order valence-electron chi connectivity index (χ4n) is 3.27. The van der Waals surface area contributed by atoms with E-state index >= 15 is 0 Å². The number of hydrogen-bond acceptors (Lipinski definition) is 5. The van der Waals surface area contributed by atoms with Gasteiger partial charge in [-0.25, -0.2) is 0 Å². The molecule has 3 aromatic carbocycles. The molecule has 0 aliphatic rings. The third-order valence-corrected chi connectivity index (χ3v) is 5.91. The number of phenolic OH excluding ortho intramolecular Hbond substituents is 1. The second-order valence-corrected chi connectivity index (χ2v) is 11.3. The predicted octanol–water partition coefficient (Wildman–Crippen LogP) is 7.38. The van der Waals surface area contributed by atoms with E-state index in [9.17, 15) is 9.67 Å². The highest BCUT2D eigenvalue weighted by molar-refractivity contribution is 7.33. The number of aromatic hydroxyl groups is 1. The predicted molar refractivity (Wildman–Crippen MR) is 141 cm³/mol. The summed E-state index contributed by atoms with van der Waals surface area (Å²) in [6.07, 6.45) is 0. The molecule has 0 fully saturated rings. The Morgan fingerprint density at radius 3 is 1.41 bits per heavy atom. The lowest BCUT2D eigenvalue weighted by Crippen LogP contribution is -2.17. The van der Waals surface area contributed by atoms with E-state index in [1.165, 1.54) is 0 Å². The van der Waals surface area contributed by atoms with E-state index in [2.05, 4.69) is 41.5 Å². The minimum absolute atomic E-state index is 0.0978. The monoisotopic (exact) mass is 483 g/mol. The first kappa shape index (κ1) is 27.7. The zero-order valence-corrected chi connectivity index (χ0v) is 22.1. The van der Waals surface area contributed by atoms with Crippen LogP contribution in [0.4, 0.5) is 5.69 Å². The lowest BCUT2D eigenvalue weighted by molar-refractivity contribution is 0.213. The van der Waals surface area contributed by atoms with Crippen molar-refractivity contribution in [2.75, 3.05) is 5.73 Å². The summed E-state index contributed by atoms with van der Waals surface area (Å²) in [4.78, 5) is 0. The van der Waals surface area contributed by atoms with Crippen LogP contribution in [-0.4, -0.2) is 5.11 Å². The highest BCUT2D eigenvalue weighted by atomic mass is 31.1. The minimum atomic E-state index is -2.43. The van der Waals surface area contributed by atoms with E-state index in [-0.39, 0.29) is 10.8 Å². The molecule has 0 unspecified atom stereocenters. The fourth-order valence-corrected chi connectivity index (χ4v) is 3.93. The molecular formula is C28H38NO4P. The zero-order valence-electron chi connectivity index (χ0n) is 21.1.